The van der Waals surface area contributed by atoms with E-state index in [1.54, 1.807) is 6.07 Å². The number of benzene rings is 1. The van der Waals surface area contributed by atoms with Gasteiger partial charge in [0.25, 0.3) is 0 Å². The van der Waals surface area contributed by atoms with Gasteiger partial charge in [-0.25, -0.2) is 0 Å². The van der Waals surface area contributed by atoms with Crippen LogP contribution in [-0.2, 0) is 9.53 Å². The third-order valence-electron chi connectivity index (χ3n) is 2.25. The summed E-state index contributed by atoms with van der Waals surface area (Å²) in [6.45, 7) is -0.486. The van der Waals surface area contributed by atoms with Crippen LogP contribution in [0.5, 0.6) is 0 Å². The molecule has 1 aromatic rings. The van der Waals surface area contributed by atoms with Crippen molar-refractivity contribution >= 4 is 28.9 Å². The Morgan fingerprint density at radius 1 is 1.40 bits per heavy atom. The quantitative estimate of drug-likeness (QED) is 0.626. The maximum absolute atomic E-state index is 11.8. The van der Waals surface area contributed by atoms with Crippen LogP contribution in [0.2, 0.25) is 5.02 Å². The van der Waals surface area contributed by atoms with Gasteiger partial charge in [-0.1, -0.05) is 11.6 Å². The second-order valence-corrected chi connectivity index (χ2v) is 4.47. The molecule has 0 radical (unpaired) electrons. The van der Waals surface area contributed by atoms with E-state index in [-0.39, 0.29) is 19.6 Å². The highest BCUT2D eigenvalue weighted by molar-refractivity contribution is 6.33. The molecular weight excluding hydrogens is 297 g/mol. The fourth-order valence-electron chi connectivity index (χ4n) is 1.36. The Balaban J connectivity index is 2.29. The predicted molar refractivity (Wildman–Crippen MR) is 70.6 cm³/mol. The van der Waals surface area contributed by atoms with Crippen molar-refractivity contribution < 1.29 is 22.7 Å². The third kappa shape index (κ3) is 6.63. The molecule has 0 aliphatic carbocycles. The highest BCUT2D eigenvalue weighted by Gasteiger charge is 2.25. The highest BCUT2D eigenvalue weighted by atomic mass is 35.5. The summed E-state index contributed by atoms with van der Waals surface area (Å²) in [5, 5.41) is 2.77. The number of ether oxygens (including phenoxy) is 1. The van der Waals surface area contributed by atoms with Gasteiger partial charge in [0.2, 0.25) is 5.91 Å². The van der Waals surface area contributed by atoms with Gasteiger partial charge in [-0.05, 0) is 24.6 Å². The molecular formula is C12H14ClF3N2O2. The van der Waals surface area contributed by atoms with Crippen LogP contribution in [0.15, 0.2) is 18.2 Å². The lowest BCUT2D eigenvalue weighted by molar-refractivity contribution is -0.138. The Bertz CT molecular complexity index is 467. The van der Waals surface area contributed by atoms with Crippen molar-refractivity contribution in [2.45, 2.75) is 19.0 Å². The van der Waals surface area contributed by atoms with E-state index in [0.717, 1.165) is 0 Å². The summed E-state index contributed by atoms with van der Waals surface area (Å²) in [4.78, 5) is 11.5. The van der Waals surface area contributed by atoms with E-state index in [2.05, 4.69) is 5.32 Å². The Morgan fingerprint density at radius 2 is 2.10 bits per heavy atom. The SMILES string of the molecule is Nc1ccc(Cl)c(NC(=O)COCCCC(F)(F)F)c1. The Morgan fingerprint density at radius 3 is 2.75 bits per heavy atom. The topological polar surface area (TPSA) is 64.3 Å². The maximum Gasteiger partial charge on any atom is 0.389 e. The zero-order valence-corrected chi connectivity index (χ0v) is 11.2. The summed E-state index contributed by atoms with van der Waals surface area (Å²) in [7, 11) is 0. The number of anilines is 2. The monoisotopic (exact) mass is 310 g/mol. The highest BCUT2D eigenvalue weighted by Crippen LogP contribution is 2.24. The van der Waals surface area contributed by atoms with E-state index < -0.39 is 18.5 Å². The van der Waals surface area contributed by atoms with Crippen molar-refractivity contribution in [3.05, 3.63) is 23.2 Å². The fourth-order valence-corrected chi connectivity index (χ4v) is 1.53. The molecule has 0 unspecified atom stereocenters. The number of carbonyl (C=O) groups excluding carboxylic acids is 1. The Labute approximate surface area is 119 Å². The van der Waals surface area contributed by atoms with Gasteiger partial charge in [0.1, 0.15) is 6.61 Å². The van der Waals surface area contributed by atoms with Crippen molar-refractivity contribution in [2.24, 2.45) is 0 Å². The molecule has 0 saturated heterocycles. The number of hydrogen-bond acceptors (Lipinski definition) is 3. The number of rotatable bonds is 6. The Hall–Kier alpha value is -1.47. The number of amides is 1. The lowest BCUT2D eigenvalue weighted by atomic mass is 10.3. The van der Waals surface area contributed by atoms with Gasteiger partial charge in [0.05, 0.1) is 10.7 Å². The van der Waals surface area contributed by atoms with Crippen LogP contribution in [0.3, 0.4) is 0 Å². The average molecular weight is 311 g/mol. The van der Waals surface area contributed by atoms with Crippen LogP contribution < -0.4 is 11.1 Å². The first-order chi connectivity index (χ1) is 9.28. The number of alkyl halides is 3. The van der Waals surface area contributed by atoms with E-state index in [9.17, 15) is 18.0 Å². The van der Waals surface area contributed by atoms with Crippen LogP contribution in [0, 0.1) is 0 Å². The summed E-state index contributed by atoms with van der Waals surface area (Å²) >= 11 is 5.84. The summed E-state index contributed by atoms with van der Waals surface area (Å²) < 4.78 is 40.4. The lowest BCUT2D eigenvalue weighted by Crippen LogP contribution is -2.19. The number of carbonyl (C=O) groups is 1. The normalized spacial score (nSPS) is 11.4. The molecule has 0 aliphatic heterocycles. The van der Waals surface area contributed by atoms with Crippen LogP contribution in [0.25, 0.3) is 0 Å². The molecule has 3 N–H and O–H groups in total. The number of halogens is 4. The molecule has 0 aliphatic rings. The molecule has 1 amide bonds. The molecule has 0 saturated carbocycles. The zero-order chi connectivity index (χ0) is 15.2. The number of nitrogens with one attached hydrogen (secondary N) is 1. The van der Waals surface area contributed by atoms with Crippen molar-refractivity contribution in [1.29, 1.82) is 0 Å². The van der Waals surface area contributed by atoms with Crippen molar-refractivity contribution in [3.8, 4) is 0 Å². The van der Waals surface area contributed by atoms with Crippen molar-refractivity contribution in [3.63, 3.8) is 0 Å². The minimum Gasteiger partial charge on any atom is -0.399 e. The molecule has 1 aromatic carbocycles. The summed E-state index contributed by atoms with van der Waals surface area (Å²) in [5.41, 5.74) is 6.29. The minimum atomic E-state index is -4.21. The standard InChI is InChI=1S/C12H14ClF3N2O2/c13-9-3-2-8(17)6-10(9)18-11(19)7-20-5-1-4-12(14,15)16/h2-3,6H,1,4-5,7,17H2,(H,18,19). The van der Waals surface area contributed by atoms with Gasteiger partial charge in [0, 0.05) is 18.7 Å². The van der Waals surface area contributed by atoms with Crippen LogP contribution in [-0.4, -0.2) is 25.3 Å². The predicted octanol–water partition coefficient (Wildman–Crippen LogP) is 3.22. The molecule has 0 aromatic heterocycles. The number of hydrogen-bond donors (Lipinski definition) is 2. The molecule has 4 nitrogen and oxygen atoms in total. The van der Waals surface area contributed by atoms with Gasteiger partial charge >= 0.3 is 6.18 Å². The van der Waals surface area contributed by atoms with Crippen LogP contribution in [0.4, 0.5) is 24.5 Å². The van der Waals surface area contributed by atoms with Gasteiger partial charge in [-0.3, -0.25) is 4.79 Å². The average Bonchev–Trinajstić information content (AvgIpc) is 2.32. The molecule has 20 heavy (non-hydrogen) atoms. The van der Waals surface area contributed by atoms with Gasteiger partial charge < -0.3 is 15.8 Å². The van der Waals surface area contributed by atoms with E-state index in [1.165, 1.54) is 12.1 Å². The number of nitrogen functional groups attached to an aromatic ring is 1. The van der Waals surface area contributed by atoms with Crippen molar-refractivity contribution in [2.75, 3.05) is 24.3 Å². The van der Waals surface area contributed by atoms with Gasteiger partial charge in [-0.2, -0.15) is 13.2 Å². The Kier molecular flexibility index (Phi) is 6.09. The molecule has 0 bridgehead atoms. The second kappa shape index (κ2) is 7.35. The zero-order valence-electron chi connectivity index (χ0n) is 10.5. The van der Waals surface area contributed by atoms with E-state index in [0.29, 0.717) is 16.4 Å². The first kappa shape index (κ1) is 16.6. The maximum atomic E-state index is 11.8. The molecule has 0 spiro atoms. The molecule has 0 heterocycles. The molecule has 112 valence electrons. The van der Waals surface area contributed by atoms with Crippen molar-refractivity contribution in [1.82, 2.24) is 0 Å². The summed E-state index contributed by atoms with van der Waals surface area (Å²) in [6.07, 6.45) is -5.33. The summed E-state index contributed by atoms with van der Waals surface area (Å²) in [5.74, 6) is -0.510. The molecule has 0 fully saturated rings. The fraction of sp³-hybridized carbons (Fsp3) is 0.417. The molecule has 0 atom stereocenters. The number of nitrogens with two attached hydrogens (primary N) is 1. The van der Waals surface area contributed by atoms with E-state index in [4.69, 9.17) is 22.1 Å². The van der Waals surface area contributed by atoms with E-state index in [1.807, 2.05) is 0 Å². The smallest absolute Gasteiger partial charge is 0.389 e. The molecule has 8 heteroatoms. The first-order valence-electron chi connectivity index (χ1n) is 5.77. The van der Waals surface area contributed by atoms with E-state index >= 15 is 0 Å². The minimum absolute atomic E-state index is 0.141. The lowest BCUT2D eigenvalue weighted by Gasteiger charge is -2.09. The third-order valence-corrected chi connectivity index (χ3v) is 2.58. The summed E-state index contributed by atoms with van der Waals surface area (Å²) in [6, 6.07) is 4.58. The van der Waals surface area contributed by atoms with Crippen LogP contribution >= 0.6 is 11.6 Å². The first-order valence-corrected chi connectivity index (χ1v) is 6.15. The second-order valence-electron chi connectivity index (χ2n) is 4.06. The van der Waals surface area contributed by atoms with Gasteiger partial charge in [0.15, 0.2) is 0 Å². The van der Waals surface area contributed by atoms with Gasteiger partial charge in [-0.15, -0.1) is 0 Å². The largest absolute Gasteiger partial charge is 0.399 e. The molecule has 1 rings (SSSR count). The van der Waals surface area contributed by atoms with Crippen LogP contribution in [0.1, 0.15) is 12.8 Å².